The van der Waals surface area contributed by atoms with Gasteiger partial charge in [-0.25, -0.2) is 4.68 Å². The van der Waals surface area contributed by atoms with E-state index < -0.39 is 0 Å². The number of nitrogens with zero attached hydrogens (tertiary/aromatic N) is 4. The highest BCUT2D eigenvalue weighted by Crippen LogP contribution is 2.36. The second-order valence-electron chi connectivity index (χ2n) is 4.94. The van der Waals surface area contributed by atoms with Gasteiger partial charge in [-0.15, -0.1) is 5.10 Å². The molecule has 1 aromatic rings. The van der Waals surface area contributed by atoms with Crippen molar-refractivity contribution in [3.63, 3.8) is 0 Å². The van der Waals surface area contributed by atoms with Gasteiger partial charge < -0.3 is 0 Å². The van der Waals surface area contributed by atoms with Crippen LogP contribution in [0.4, 0.5) is 0 Å². The van der Waals surface area contributed by atoms with Gasteiger partial charge in [0.2, 0.25) is 0 Å². The van der Waals surface area contributed by atoms with Gasteiger partial charge in [0.15, 0.2) is 0 Å². The maximum absolute atomic E-state index is 8.86. The van der Waals surface area contributed by atoms with Gasteiger partial charge in [0, 0.05) is 5.92 Å². The Morgan fingerprint density at radius 2 is 2.18 bits per heavy atom. The van der Waals surface area contributed by atoms with Crippen LogP contribution in [0.25, 0.3) is 0 Å². The van der Waals surface area contributed by atoms with Crippen molar-refractivity contribution in [3.05, 3.63) is 11.4 Å². The molecule has 1 heterocycles. The van der Waals surface area contributed by atoms with Crippen LogP contribution in [-0.4, -0.2) is 15.0 Å². The Bertz CT molecular complexity index is 410. The van der Waals surface area contributed by atoms with E-state index in [1.165, 1.54) is 31.4 Å². The maximum atomic E-state index is 8.86. The highest BCUT2D eigenvalue weighted by atomic mass is 15.4. The van der Waals surface area contributed by atoms with E-state index in [4.69, 9.17) is 5.26 Å². The molecule has 17 heavy (non-hydrogen) atoms. The molecule has 1 unspecified atom stereocenters. The molecule has 1 aliphatic carbocycles. The first-order valence-electron chi connectivity index (χ1n) is 6.58. The zero-order chi connectivity index (χ0) is 12.3. The van der Waals surface area contributed by atoms with E-state index >= 15 is 0 Å². The van der Waals surface area contributed by atoms with Crippen molar-refractivity contribution >= 4 is 0 Å². The Morgan fingerprint density at radius 3 is 2.76 bits per heavy atom. The van der Waals surface area contributed by atoms with Crippen molar-refractivity contribution in [2.75, 3.05) is 0 Å². The molecule has 1 aliphatic rings. The first-order valence-corrected chi connectivity index (χ1v) is 6.58. The van der Waals surface area contributed by atoms with Crippen molar-refractivity contribution in [3.8, 4) is 6.07 Å². The Hall–Kier alpha value is -1.37. The summed E-state index contributed by atoms with van der Waals surface area (Å²) in [4.78, 5) is 0. The summed E-state index contributed by atoms with van der Waals surface area (Å²) in [6.45, 7) is 4.33. The molecule has 0 radical (unpaired) electrons. The van der Waals surface area contributed by atoms with Crippen molar-refractivity contribution in [1.29, 1.82) is 5.26 Å². The fourth-order valence-electron chi connectivity index (χ4n) is 2.66. The van der Waals surface area contributed by atoms with Crippen LogP contribution in [0, 0.1) is 11.3 Å². The number of aromatic nitrogens is 3. The second kappa shape index (κ2) is 5.31. The Labute approximate surface area is 103 Å². The zero-order valence-electron chi connectivity index (χ0n) is 10.7. The summed E-state index contributed by atoms with van der Waals surface area (Å²) in [7, 11) is 0. The molecule has 1 saturated carbocycles. The summed E-state index contributed by atoms with van der Waals surface area (Å²) < 4.78 is 2.06. The molecular weight excluding hydrogens is 212 g/mol. The largest absolute Gasteiger partial charge is 0.246 e. The molecule has 1 atom stereocenters. The minimum Gasteiger partial charge on any atom is -0.246 e. The third kappa shape index (κ3) is 2.33. The third-order valence-corrected chi connectivity index (χ3v) is 3.80. The van der Waals surface area contributed by atoms with Crippen LogP contribution in [-0.2, 0) is 6.42 Å². The Balaban J connectivity index is 2.35. The standard InChI is InChI=1S/C13H20N4/c1-3-10(2)17-13(11-6-4-5-7-11)12(8-9-14)15-16-17/h10-11H,3-8H2,1-2H3. The second-order valence-corrected chi connectivity index (χ2v) is 4.94. The van der Waals surface area contributed by atoms with Crippen LogP contribution in [0.1, 0.15) is 69.3 Å². The van der Waals surface area contributed by atoms with Crippen LogP contribution < -0.4 is 0 Å². The molecule has 0 spiro atoms. The molecule has 0 amide bonds. The lowest BCUT2D eigenvalue weighted by molar-refractivity contribution is 0.434. The summed E-state index contributed by atoms with van der Waals surface area (Å²) in [5.41, 5.74) is 2.14. The average molecular weight is 232 g/mol. The van der Waals surface area contributed by atoms with E-state index in [2.05, 4.69) is 34.9 Å². The summed E-state index contributed by atoms with van der Waals surface area (Å²) in [6.07, 6.45) is 6.48. The summed E-state index contributed by atoms with van der Waals surface area (Å²) in [5.74, 6) is 0.572. The SMILES string of the molecule is CCC(C)n1nnc(CC#N)c1C1CCCC1. The molecular formula is C13H20N4. The van der Waals surface area contributed by atoms with E-state index in [9.17, 15) is 0 Å². The van der Waals surface area contributed by atoms with Crippen LogP contribution in [0.2, 0.25) is 0 Å². The van der Waals surface area contributed by atoms with Gasteiger partial charge in [0.05, 0.1) is 24.2 Å². The lowest BCUT2D eigenvalue weighted by atomic mass is 10.00. The smallest absolute Gasteiger partial charge is 0.100 e. The van der Waals surface area contributed by atoms with Crippen LogP contribution in [0.3, 0.4) is 0 Å². The minimum atomic E-state index is 0.380. The monoisotopic (exact) mass is 232 g/mol. The zero-order valence-corrected chi connectivity index (χ0v) is 10.7. The molecule has 0 aromatic carbocycles. The number of hydrogen-bond acceptors (Lipinski definition) is 3. The lowest BCUT2D eigenvalue weighted by Crippen LogP contribution is -2.13. The first-order chi connectivity index (χ1) is 8.27. The molecule has 0 saturated heterocycles. The number of hydrogen-bond donors (Lipinski definition) is 0. The Morgan fingerprint density at radius 1 is 1.47 bits per heavy atom. The summed E-state index contributed by atoms with van der Waals surface area (Å²) in [6, 6.07) is 2.58. The van der Waals surface area contributed by atoms with E-state index in [1.54, 1.807) is 0 Å². The molecule has 92 valence electrons. The maximum Gasteiger partial charge on any atom is 0.100 e. The van der Waals surface area contributed by atoms with E-state index in [-0.39, 0.29) is 0 Å². The van der Waals surface area contributed by atoms with Crippen molar-refractivity contribution in [1.82, 2.24) is 15.0 Å². The molecule has 4 heteroatoms. The third-order valence-electron chi connectivity index (χ3n) is 3.80. The van der Waals surface area contributed by atoms with E-state index in [1.807, 2.05) is 0 Å². The van der Waals surface area contributed by atoms with Gasteiger partial charge >= 0.3 is 0 Å². The van der Waals surface area contributed by atoms with Crippen LogP contribution >= 0.6 is 0 Å². The number of nitriles is 1. The Kier molecular flexibility index (Phi) is 3.78. The van der Waals surface area contributed by atoms with Crippen molar-refractivity contribution in [2.45, 2.75) is 64.3 Å². The van der Waals surface area contributed by atoms with Crippen molar-refractivity contribution < 1.29 is 0 Å². The molecule has 2 rings (SSSR count). The van der Waals surface area contributed by atoms with Crippen molar-refractivity contribution in [2.24, 2.45) is 0 Å². The van der Waals surface area contributed by atoms with Gasteiger partial charge in [0.1, 0.15) is 5.69 Å². The van der Waals surface area contributed by atoms with Gasteiger partial charge in [-0.1, -0.05) is 25.0 Å². The first kappa shape index (κ1) is 12.1. The molecule has 4 nitrogen and oxygen atoms in total. The highest BCUT2D eigenvalue weighted by Gasteiger charge is 2.26. The predicted octanol–water partition coefficient (Wildman–Crippen LogP) is 2.97. The summed E-state index contributed by atoms with van der Waals surface area (Å²) >= 11 is 0. The van der Waals surface area contributed by atoms with Gasteiger partial charge in [-0.2, -0.15) is 5.26 Å². The fraction of sp³-hybridized carbons (Fsp3) is 0.769. The molecule has 1 aromatic heterocycles. The van der Waals surface area contributed by atoms with Crippen LogP contribution in [0.15, 0.2) is 0 Å². The molecule has 0 N–H and O–H groups in total. The topological polar surface area (TPSA) is 54.5 Å². The molecule has 1 fully saturated rings. The fourth-order valence-corrected chi connectivity index (χ4v) is 2.66. The number of rotatable bonds is 4. The minimum absolute atomic E-state index is 0.380. The van der Waals surface area contributed by atoms with Gasteiger partial charge in [0.25, 0.3) is 0 Å². The van der Waals surface area contributed by atoms with Crippen LogP contribution in [0.5, 0.6) is 0 Å². The highest BCUT2D eigenvalue weighted by molar-refractivity contribution is 5.20. The van der Waals surface area contributed by atoms with E-state index in [0.29, 0.717) is 18.4 Å². The summed E-state index contributed by atoms with van der Waals surface area (Å²) in [5, 5.41) is 17.3. The van der Waals surface area contributed by atoms with Gasteiger partial charge in [-0.3, -0.25) is 0 Å². The average Bonchev–Trinajstić information content (AvgIpc) is 2.96. The van der Waals surface area contributed by atoms with E-state index in [0.717, 1.165) is 12.1 Å². The quantitative estimate of drug-likeness (QED) is 0.802. The predicted molar refractivity (Wildman–Crippen MR) is 65.6 cm³/mol. The normalized spacial score (nSPS) is 18.2. The molecule has 0 bridgehead atoms. The lowest BCUT2D eigenvalue weighted by Gasteiger charge is -2.17. The van der Waals surface area contributed by atoms with Gasteiger partial charge in [-0.05, 0) is 26.2 Å². The molecule has 0 aliphatic heterocycles.